The summed E-state index contributed by atoms with van der Waals surface area (Å²) in [6.07, 6.45) is 2.33. The molecule has 18 heavy (non-hydrogen) atoms. The molecule has 3 heteroatoms. The van der Waals surface area contributed by atoms with Gasteiger partial charge in [0.05, 0.1) is 0 Å². The van der Waals surface area contributed by atoms with Crippen LogP contribution in [-0.2, 0) is 0 Å². The predicted octanol–water partition coefficient (Wildman–Crippen LogP) is 3.46. The first kappa shape index (κ1) is 13.9. The molecule has 0 aromatic heterocycles. The van der Waals surface area contributed by atoms with E-state index in [1.165, 1.54) is 12.0 Å². The monoisotopic (exact) mass is 266 g/mol. The van der Waals surface area contributed by atoms with Crippen LogP contribution in [0.5, 0.6) is 0 Å². The van der Waals surface area contributed by atoms with Gasteiger partial charge in [-0.3, -0.25) is 4.90 Å². The standard InChI is InChI=1S/C15H23ClN2/c1-3-15(12-5-4-6-14(16)9-12)18-8-7-13(10-18)11(2)17/h4-6,9,11,13,15H,3,7-8,10,17H2,1-2H3. The first-order chi connectivity index (χ1) is 8.61. The van der Waals surface area contributed by atoms with Crippen molar-refractivity contribution in [1.29, 1.82) is 0 Å². The van der Waals surface area contributed by atoms with E-state index in [0.29, 0.717) is 18.0 Å². The predicted molar refractivity (Wildman–Crippen MR) is 77.8 cm³/mol. The van der Waals surface area contributed by atoms with Gasteiger partial charge in [-0.25, -0.2) is 0 Å². The van der Waals surface area contributed by atoms with Crippen LogP contribution in [0.25, 0.3) is 0 Å². The Kier molecular flexibility index (Phi) is 4.66. The minimum atomic E-state index is 0.298. The van der Waals surface area contributed by atoms with Crippen LogP contribution >= 0.6 is 11.6 Å². The molecule has 0 spiro atoms. The Bertz CT molecular complexity index is 392. The Labute approximate surface area is 115 Å². The Morgan fingerprint density at radius 3 is 2.83 bits per heavy atom. The van der Waals surface area contributed by atoms with Gasteiger partial charge >= 0.3 is 0 Å². The van der Waals surface area contributed by atoms with Gasteiger partial charge in [-0.1, -0.05) is 30.7 Å². The van der Waals surface area contributed by atoms with Gasteiger partial charge in [-0.2, -0.15) is 0 Å². The maximum absolute atomic E-state index is 6.09. The van der Waals surface area contributed by atoms with Gasteiger partial charge in [0.15, 0.2) is 0 Å². The zero-order valence-corrected chi connectivity index (χ0v) is 12.0. The van der Waals surface area contributed by atoms with Crippen LogP contribution in [0.2, 0.25) is 5.02 Å². The summed E-state index contributed by atoms with van der Waals surface area (Å²) >= 11 is 6.09. The van der Waals surface area contributed by atoms with E-state index in [2.05, 4.69) is 30.9 Å². The molecule has 0 radical (unpaired) electrons. The van der Waals surface area contributed by atoms with Crippen molar-refractivity contribution in [3.8, 4) is 0 Å². The summed E-state index contributed by atoms with van der Waals surface area (Å²) < 4.78 is 0. The van der Waals surface area contributed by atoms with Crippen LogP contribution in [0.3, 0.4) is 0 Å². The molecule has 1 heterocycles. The van der Waals surface area contributed by atoms with E-state index in [1.54, 1.807) is 0 Å². The van der Waals surface area contributed by atoms with Gasteiger partial charge in [0.2, 0.25) is 0 Å². The van der Waals surface area contributed by atoms with Crippen LogP contribution in [0.1, 0.15) is 38.3 Å². The molecule has 1 aliphatic heterocycles. The summed E-state index contributed by atoms with van der Waals surface area (Å²) in [5.41, 5.74) is 7.35. The van der Waals surface area contributed by atoms with Crippen LogP contribution in [0.15, 0.2) is 24.3 Å². The van der Waals surface area contributed by atoms with Crippen LogP contribution in [0.4, 0.5) is 0 Å². The quantitative estimate of drug-likeness (QED) is 0.904. The number of nitrogens with zero attached hydrogens (tertiary/aromatic N) is 1. The molecule has 2 N–H and O–H groups in total. The first-order valence-corrected chi connectivity index (χ1v) is 7.24. The second-order valence-electron chi connectivity index (χ2n) is 5.38. The third-order valence-electron chi connectivity index (χ3n) is 4.06. The van der Waals surface area contributed by atoms with E-state index >= 15 is 0 Å². The number of hydrogen-bond acceptors (Lipinski definition) is 2. The Morgan fingerprint density at radius 2 is 2.28 bits per heavy atom. The highest BCUT2D eigenvalue weighted by Gasteiger charge is 2.29. The van der Waals surface area contributed by atoms with Gasteiger partial charge in [0.25, 0.3) is 0 Å². The summed E-state index contributed by atoms with van der Waals surface area (Å²) in [6, 6.07) is 9.03. The fraction of sp³-hybridized carbons (Fsp3) is 0.600. The zero-order valence-electron chi connectivity index (χ0n) is 11.3. The fourth-order valence-electron chi connectivity index (χ4n) is 2.95. The molecule has 1 aliphatic rings. The van der Waals surface area contributed by atoms with Crippen LogP contribution in [0, 0.1) is 5.92 Å². The van der Waals surface area contributed by atoms with Crippen molar-refractivity contribution in [3.63, 3.8) is 0 Å². The molecule has 100 valence electrons. The van der Waals surface area contributed by atoms with Crippen LogP contribution < -0.4 is 5.73 Å². The zero-order chi connectivity index (χ0) is 13.1. The summed E-state index contributed by atoms with van der Waals surface area (Å²) in [7, 11) is 0. The molecule has 0 saturated carbocycles. The molecule has 2 nitrogen and oxygen atoms in total. The number of halogens is 1. The van der Waals surface area contributed by atoms with Crippen molar-refractivity contribution in [2.45, 2.75) is 38.8 Å². The minimum Gasteiger partial charge on any atom is -0.328 e. The van der Waals surface area contributed by atoms with Crippen molar-refractivity contribution in [1.82, 2.24) is 4.90 Å². The molecule has 3 unspecified atom stereocenters. The summed E-state index contributed by atoms with van der Waals surface area (Å²) in [6.45, 7) is 6.62. The lowest BCUT2D eigenvalue weighted by molar-refractivity contribution is 0.227. The highest BCUT2D eigenvalue weighted by molar-refractivity contribution is 6.30. The molecular weight excluding hydrogens is 244 g/mol. The van der Waals surface area contributed by atoms with E-state index in [4.69, 9.17) is 17.3 Å². The minimum absolute atomic E-state index is 0.298. The van der Waals surface area contributed by atoms with Crippen molar-refractivity contribution in [2.75, 3.05) is 13.1 Å². The fourth-order valence-corrected chi connectivity index (χ4v) is 3.14. The van der Waals surface area contributed by atoms with Gasteiger partial charge in [0, 0.05) is 23.7 Å². The van der Waals surface area contributed by atoms with Crippen molar-refractivity contribution < 1.29 is 0 Å². The molecule has 2 rings (SSSR count). The Hall–Kier alpha value is -0.570. The molecule has 1 saturated heterocycles. The first-order valence-electron chi connectivity index (χ1n) is 6.87. The maximum Gasteiger partial charge on any atom is 0.0409 e. The van der Waals surface area contributed by atoms with Gasteiger partial charge in [-0.05, 0) is 49.9 Å². The lowest BCUT2D eigenvalue weighted by Gasteiger charge is -2.28. The number of rotatable bonds is 4. The molecule has 0 aliphatic carbocycles. The smallest absolute Gasteiger partial charge is 0.0409 e. The number of benzene rings is 1. The maximum atomic E-state index is 6.09. The van der Waals surface area contributed by atoms with E-state index < -0.39 is 0 Å². The van der Waals surface area contributed by atoms with Crippen molar-refractivity contribution in [3.05, 3.63) is 34.9 Å². The third kappa shape index (κ3) is 3.05. The molecule has 1 aromatic carbocycles. The number of likely N-dealkylation sites (tertiary alicyclic amines) is 1. The molecule has 1 fully saturated rings. The van der Waals surface area contributed by atoms with Gasteiger partial charge in [-0.15, -0.1) is 0 Å². The van der Waals surface area contributed by atoms with Crippen molar-refractivity contribution in [2.24, 2.45) is 11.7 Å². The molecular formula is C15H23ClN2. The average Bonchev–Trinajstić information content (AvgIpc) is 2.80. The van der Waals surface area contributed by atoms with E-state index in [-0.39, 0.29) is 0 Å². The third-order valence-corrected chi connectivity index (χ3v) is 4.30. The largest absolute Gasteiger partial charge is 0.328 e. The van der Waals surface area contributed by atoms with E-state index in [9.17, 15) is 0 Å². The SMILES string of the molecule is CCC(c1cccc(Cl)c1)N1CCC(C(C)N)C1. The van der Waals surface area contributed by atoms with Gasteiger partial charge in [0.1, 0.15) is 0 Å². The number of hydrogen-bond donors (Lipinski definition) is 1. The van der Waals surface area contributed by atoms with E-state index in [1.807, 2.05) is 12.1 Å². The normalized spacial score (nSPS) is 24.1. The Balaban J connectivity index is 2.10. The van der Waals surface area contributed by atoms with Crippen molar-refractivity contribution >= 4 is 11.6 Å². The number of nitrogens with two attached hydrogens (primary N) is 1. The Morgan fingerprint density at radius 1 is 1.50 bits per heavy atom. The molecule has 0 amide bonds. The second-order valence-corrected chi connectivity index (χ2v) is 5.82. The molecule has 1 aromatic rings. The van der Waals surface area contributed by atoms with E-state index in [0.717, 1.165) is 24.5 Å². The summed E-state index contributed by atoms with van der Waals surface area (Å²) in [5.74, 6) is 0.637. The lowest BCUT2D eigenvalue weighted by atomic mass is 10.0. The topological polar surface area (TPSA) is 29.3 Å². The van der Waals surface area contributed by atoms with Gasteiger partial charge < -0.3 is 5.73 Å². The van der Waals surface area contributed by atoms with Crippen LogP contribution in [-0.4, -0.2) is 24.0 Å². The summed E-state index contributed by atoms with van der Waals surface area (Å²) in [4.78, 5) is 2.56. The average molecular weight is 267 g/mol. The molecule has 3 atom stereocenters. The molecule has 0 bridgehead atoms. The lowest BCUT2D eigenvalue weighted by Crippen LogP contribution is -2.31. The highest BCUT2D eigenvalue weighted by Crippen LogP contribution is 2.31. The highest BCUT2D eigenvalue weighted by atomic mass is 35.5. The summed E-state index contributed by atoms with van der Waals surface area (Å²) in [5, 5.41) is 0.828. The second kappa shape index (κ2) is 6.05.